The van der Waals surface area contributed by atoms with Crippen LogP contribution < -0.4 is 5.56 Å². The van der Waals surface area contributed by atoms with Gasteiger partial charge in [-0.1, -0.05) is 13.3 Å². The fourth-order valence-electron chi connectivity index (χ4n) is 4.18. The minimum atomic E-state index is 0.105. The first-order chi connectivity index (χ1) is 13.0. The van der Waals surface area contributed by atoms with Crippen LogP contribution >= 0.6 is 0 Å². The molecule has 1 atom stereocenters. The molecule has 2 heterocycles. The summed E-state index contributed by atoms with van der Waals surface area (Å²) >= 11 is 0. The lowest BCUT2D eigenvalue weighted by Crippen LogP contribution is -2.37. The van der Waals surface area contributed by atoms with Crippen molar-refractivity contribution in [1.82, 2.24) is 19.4 Å². The van der Waals surface area contributed by atoms with E-state index in [1.165, 1.54) is 12.0 Å². The topological polar surface area (TPSA) is 41.4 Å². The van der Waals surface area contributed by atoms with E-state index in [-0.39, 0.29) is 11.6 Å². The average Bonchev–Trinajstić information content (AvgIpc) is 2.86. The van der Waals surface area contributed by atoms with E-state index in [9.17, 15) is 4.79 Å². The number of likely N-dealkylation sites (N-methyl/N-ethyl adjacent to an activating group) is 1. The monoisotopic (exact) mass is 370 g/mol. The SMILES string of the molecule is CCCC(c1nc2cc(C)c(C)cc2c(=O)n1CC)N1CCCN(C)CC1. The standard InChI is InChI=1S/C22H34N4O/c1-6-9-20(25-11-8-10-24(5)12-13-25)21-23-19-15-17(4)16(3)14-18(19)22(27)26(21)7-2/h14-15,20H,6-13H2,1-5H3. The van der Waals surface area contributed by atoms with Crippen LogP contribution in [-0.2, 0) is 6.54 Å². The molecule has 1 fully saturated rings. The number of benzene rings is 1. The Morgan fingerprint density at radius 3 is 2.52 bits per heavy atom. The lowest BCUT2D eigenvalue weighted by atomic mass is 10.0. The van der Waals surface area contributed by atoms with Crippen LogP contribution in [0.25, 0.3) is 10.9 Å². The van der Waals surface area contributed by atoms with Gasteiger partial charge < -0.3 is 4.90 Å². The molecule has 1 aliphatic rings. The zero-order chi connectivity index (χ0) is 19.6. The number of hydrogen-bond acceptors (Lipinski definition) is 4. The van der Waals surface area contributed by atoms with Gasteiger partial charge in [0.1, 0.15) is 5.82 Å². The van der Waals surface area contributed by atoms with Gasteiger partial charge in [-0.3, -0.25) is 14.3 Å². The Balaban J connectivity index is 2.13. The quantitative estimate of drug-likeness (QED) is 0.808. The van der Waals surface area contributed by atoms with E-state index < -0.39 is 0 Å². The third-order valence-corrected chi connectivity index (χ3v) is 5.97. The maximum absolute atomic E-state index is 13.3. The molecule has 148 valence electrons. The molecule has 1 aromatic carbocycles. The van der Waals surface area contributed by atoms with Crippen molar-refractivity contribution < 1.29 is 0 Å². The van der Waals surface area contributed by atoms with Crippen LogP contribution in [0, 0.1) is 13.8 Å². The van der Waals surface area contributed by atoms with Gasteiger partial charge in [0.15, 0.2) is 0 Å². The van der Waals surface area contributed by atoms with E-state index in [1.807, 2.05) is 10.6 Å². The molecule has 5 heteroatoms. The average molecular weight is 371 g/mol. The number of nitrogens with zero attached hydrogens (tertiary/aromatic N) is 4. The Morgan fingerprint density at radius 1 is 1.07 bits per heavy atom. The van der Waals surface area contributed by atoms with Gasteiger partial charge in [-0.15, -0.1) is 0 Å². The van der Waals surface area contributed by atoms with Crippen molar-refractivity contribution in [2.75, 3.05) is 33.2 Å². The van der Waals surface area contributed by atoms with E-state index >= 15 is 0 Å². The summed E-state index contributed by atoms with van der Waals surface area (Å²) in [6.07, 6.45) is 3.28. The molecular formula is C22H34N4O. The van der Waals surface area contributed by atoms with Crippen LogP contribution in [-0.4, -0.2) is 52.6 Å². The van der Waals surface area contributed by atoms with Crippen molar-refractivity contribution in [1.29, 1.82) is 0 Å². The molecule has 1 aliphatic heterocycles. The molecule has 0 amide bonds. The first kappa shape index (κ1) is 20.0. The highest BCUT2D eigenvalue weighted by molar-refractivity contribution is 5.79. The molecule has 1 saturated heterocycles. The van der Waals surface area contributed by atoms with Gasteiger partial charge in [-0.05, 0) is 70.5 Å². The van der Waals surface area contributed by atoms with Crippen LogP contribution in [0.2, 0.25) is 0 Å². The van der Waals surface area contributed by atoms with Gasteiger partial charge in [0.05, 0.1) is 16.9 Å². The lowest BCUT2D eigenvalue weighted by molar-refractivity contribution is 0.180. The predicted molar refractivity (Wildman–Crippen MR) is 112 cm³/mol. The van der Waals surface area contributed by atoms with Gasteiger partial charge in [0, 0.05) is 26.2 Å². The third-order valence-electron chi connectivity index (χ3n) is 5.97. The van der Waals surface area contributed by atoms with Crippen molar-refractivity contribution in [3.05, 3.63) is 39.4 Å². The van der Waals surface area contributed by atoms with Crippen LogP contribution in [0.1, 0.15) is 56.1 Å². The second kappa shape index (κ2) is 8.53. The van der Waals surface area contributed by atoms with Crippen LogP contribution in [0.3, 0.4) is 0 Å². The summed E-state index contributed by atoms with van der Waals surface area (Å²) in [5, 5.41) is 0.745. The summed E-state index contributed by atoms with van der Waals surface area (Å²) in [6, 6.07) is 4.29. The van der Waals surface area contributed by atoms with Crippen molar-refractivity contribution in [2.45, 2.75) is 59.5 Å². The second-order valence-corrected chi connectivity index (χ2v) is 7.97. The molecular weight excluding hydrogens is 336 g/mol. The Kier molecular flexibility index (Phi) is 6.33. The van der Waals surface area contributed by atoms with E-state index in [0.717, 1.165) is 61.3 Å². The molecule has 27 heavy (non-hydrogen) atoms. The number of fused-ring (bicyclic) bond motifs is 1. The van der Waals surface area contributed by atoms with Gasteiger partial charge >= 0.3 is 0 Å². The molecule has 0 spiro atoms. The van der Waals surface area contributed by atoms with Gasteiger partial charge in [-0.25, -0.2) is 4.98 Å². The molecule has 1 unspecified atom stereocenters. The van der Waals surface area contributed by atoms with Crippen molar-refractivity contribution >= 4 is 10.9 Å². The Hall–Kier alpha value is -1.72. The molecule has 3 rings (SSSR count). The normalized spacial score (nSPS) is 18.0. The van der Waals surface area contributed by atoms with Gasteiger partial charge in [0.2, 0.25) is 0 Å². The first-order valence-electron chi connectivity index (χ1n) is 10.4. The molecule has 2 aromatic rings. The van der Waals surface area contributed by atoms with Crippen LogP contribution in [0.5, 0.6) is 0 Å². The zero-order valence-corrected chi connectivity index (χ0v) is 17.6. The van der Waals surface area contributed by atoms with Gasteiger partial charge in [-0.2, -0.15) is 0 Å². The van der Waals surface area contributed by atoms with Crippen LogP contribution in [0.15, 0.2) is 16.9 Å². The minimum absolute atomic E-state index is 0.105. The van der Waals surface area contributed by atoms with Crippen molar-refractivity contribution in [3.8, 4) is 0 Å². The molecule has 0 bridgehead atoms. The van der Waals surface area contributed by atoms with Crippen molar-refractivity contribution in [2.24, 2.45) is 0 Å². The summed E-state index contributed by atoms with van der Waals surface area (Å²) in [4.78, 5) is 23.3. The molecule has 0 N–H and O–H groups in total. The highest BCUT2D eigenvalue weighted by atomic mass is 16.1. The summed E-state index contributed by atoms with van der Waals surface area (Å²) in [5.41, 5.74) is 3.29. The summed E-state index contributed by atoms with van der Waals surface area (Å²) < 4.78 is 1.91. The van der Waals surface area contributed by atoms with E-state index in [0.29, 0.717) is 6.54 Å². The fraction of sp³-hybridized carbons (Fsp3) is 0.636. The van der Waals surface area contributed by atoms with Crippen molar-refractivity contribution in [3.63, 3.8) is 0 Å². The maximum atomic E-state index is 13.3. The number of hydrogen-bond donors (Lipinski definition) is 0. The molecule has 1 aromatic heterocycles. The number of rotatable bonds is 5. The van der Waals surface area contributed by atoms with Crippen LogP contribution in [0.4, 0.5) is 0 Å². The maximum Gasteiger partial charge on any atom is 0.261 e. The van der Waals surface area contributed by atoms with E-state index in [1.54, 1.807) is 0 Å². The Bertz CT molecular complexity index is 857. The predicted octanol–water partition coefficient (Wildman–Crippen LogP) is 3.51. The smallest absolute Gasteiger partial charge is 0.261 e. The van der Waals surface area contributed by atoms with E-state index in [2.05, 4.69) is 50.6 Å². The molecule has 0 aliphatic carbocycles. The Morgan fingerprint density at radius 2 is 1.81 bits per heavy atom. The highest BCUT2D eigenvalue weighted by Crippen LogP contribution is 2.27. The second-order valence-electron chi connectivity index (χ2n) is 7.97. The highest BCUT2D eigenvalue weighted by Gasteiger charge is 2.26. The van der Waals surface area contributed by atoms with E-state index in [4.69, 9.17) is 4.98 Å². The summed E-state index contributed by atoms with van der Waals surface area (Å²) in [7, 11) is 2.19. The zero-order valence-electron chi connectivity index (χ0n) is 17.6. The third kappa shape index (κ3) is 4.09. The lowest BCUT2D eigenvalue weighted by Gasteiger charge is -2.31. The molecule has 0 radical (unpaired) electrons. The first-order valence-corrected chi connectivity index (χ1v) is 10.4. The summed E-state index contributed by atoms with van der Waals surface area (Å²) in [6.45, 7) is 13.4. The van der Waals surface area contributed by atoms with Gasteiger partial charge in [0.25, 0.3) is 5.56 Å². The Labute approximate surface area is 163 Å². The molecule has 0 saturated carbocycles. The largest absolute Gasteiger partial charge is 0.305 e. The number of aryl methyl sites for hydroxylation is 2. The number of aromatic nitrogens is 2. The molecule has 5 nitrogen and oxygen atoms in total. The minimum Gasteiger partial charge on any atom is -0.305 e. The fourth-order valence-corrected chi connectivity index (χ4v) is 4.18. The summed E-state index contributed by atoms with van der Waals surface area (Å²) in [5.74, 6) is 0.949.